The first-order valence-corrected chi connectivity index (χ1v) is 9.53. The minimum absolute atomic E-state index is 0.0298. The molecule has 0 radical (unpaired) electrons. The fourth-order valence-electron chi connectivity index (χ4n) is 3.53. The predicted octanol–water partition coefficient (Wildman–Crippen LogP) is 2.76. The van der Waals surface area contributed by atoms with E-state index in [4.69, 9.17) is 4.74 Å². The van der Waals surface area contributed by atoms with E-state index in [0.717, 1.165) is 18.4 Å². The zero-order valence-electron chi connectivity index (χ0n) is 16.3. The van der Waals surface area contributed by atoms with E-state index in [1.54, 1.807) is 17.0 Å². The van der Waals surface area contributed by atoms with Crippen LogP contribution in [0.4, 0.5) is 0 Å². The van der Waals surface area contributed by atoms with E-state index in [0.29, 0.717) is 18.5 Å². The number of ether oxygens (including phenoxy) is 1. The van der Waals surface area contributed by atoms with E-state index in [-0.39, 0.29) is 29.7 Å². The Morgan fingerprint density at radius 3 is 2.59 bits per heavy atom. The average Bonchev–Trinajstić information content (AvgIpc) is 2.74. The molecule has 2 amide bonds. The second kappa shape index (κ2) is 9.23. The molecule has 1 aliphatic rings. The maximum atomic E-state index is 13.1. The quantitative estimate of drug-likeness (QED) is 0.750. The van der Waals surface area contributed by atoms with E-state index in [9.17, 15) is 19.5 Å². The smallest absolute Gasteiger partial charge is 0.339 e. The van der Waals surface area contributed by atoms with Crippen LogP contribution in [0, 0.1) is 0 Å². The number of likely N-dealkylation sites (tertiary alicyclic amines) is 1. The second-order valence-corrected chi connectivity index (χ2v) is 6.92. The van der Waals surface area contributed by atoms with Gasteiger partial charge in [0.05, 0.1) is 7.11 Å². The van der Waals surface area contributed by atoms with Gasteiger partial charge in [-0.2, -0.15) is 0 Å². The summed E-state index contributed by atoms with van der Waals surface area (Å²) in [6.45, 7) is 0.686. The molecule has 0 spiro atoms. The number of carbonyl (C=O) groups is 3. The molecule has 0 aliphatic carbocycles. The van der Waals surface area contributed by atoms with Gasteiger partial charge in [0.25, 0.3) is 0 Å². The lowest BCUT2D eigenvalue weighted by molar-refractivity contribution is -0.142. The molecule has 29 heavy (non-hydrogen) atoms. The molecule has 0 unspecified atom stereocenters. The van der Waals surface area contributed by atoms with Gasteiger partial charge in [0, 0.05) is 19.5 Å². The Bertz CT molecular complexity index is 897. The molecule has 3 rings (SSSR count). The summed E-state index contributed by atoms with van der Waals surface area (Å²) in [5.41, 5.74) is 1.42. The van der Waals surface area contributed by atoms with Crippen molar-refractivity contribution in [3.63, 3.8) is 0 Å². The van der Waals surface area contributed by atoms with Crippen molar-refractivity contribution in [2.24, 2.45) is 0 Å². The lowest BCUT2D eigenvalue weighted by atomic mass is 10.00. The molecular formula is C22H24N2O5. The molecule has 1 aliphatic heterocycles. The number of carboxylic acids is 1. The number of nitrogens with zero attached hydrogens (tertiary/aromatic N) is 1. The van der Waals surface area contributed by atoms with Gasteiger partial charge in [-0.3, -0.25) is 9.59 Å². The number of amides is 2. The van der Waals surface area contributed by atoms with Crippen LogP contribution in [-0.2, 0) is 16.1 Å². The molecule has 7 heteroatoms. The van der Waals surface area contributed by atoms with Crippen molar-refractivity contribution in [1.82, 2.24) is 10.2 Å². The standard InChI is InChI=1S/C22H24N2O5/c1-29-18-11-10-15(13-17(18)22(27)28)14-23-21(26)20(16-7-3-2-4-8-16)24-12-6-5-9-19(24)25/h2-4,7-8,10-11,13,20H,5-6,9,12,14H2,1H3,(H,23,26)(H,27,28)/t20-/m0/s1. The molecule has 2 N–H and O–H groups in total. The Morgan fingerprint density at radius 1 is 1.17 bits per heavy atom. The minimum Gasteiger partial charge on any atom is -0.496 e. The number of hydrogen-bond acceptors (Lipinski definition) is 4. The Kier molecular flexibility index (Phi) is 6.49. The zero-order chi connectivity index (χ0) is 20.8. The summed E-state index contributed by atoms with van der Waals surface area (Å²) >= 11 is 0. The molecule has 0 saturated carbocycles. The fourth-order valence-corrected chi connectivity index (χ4v) is 3.53. The number of nitrogens with one attached hydrogen (secondary N) is 1. The summed E-state index contributed by atoms with van der Waals surface area (Å²) in [5.74, 6) is -1.17. The van der Waals surface area contributed by atoms with E-state index < -0.39 is 12.0 Å². The molecule has 1 fully saturated rings. The van der Waals surface area contributed by atoms with Crippen LogP contribution in [0.5, 0.6) is 5.75 Å². The van der Waals surface area contributed by atoms with Crippen LogP contribution >= 0.6 is 0 Å². The van der Waals surface area contributed by atoms with Gasteiger partial charge in [0.15, 0.2) is 0 Å². The van der Waals surface area contributed by atoms with E-state index >= 15 is 0 Å². The van der Waals surface area contributed by atoms with Crippen molar-refractivity contribution in [1.29, 1.82) is 0 Å². The highest BCUT2D eigenvalue weighted by molar-refractivity contribution is 5.91. The summed E-state index contributed by atoms with van der Waals surface area (Å²) in [5, 5.41) is 12.2. The highest BCUT2D eigenvalue weighted by Crippen LogP contribution is 2.26. The highest BCUT2D eigenvalue weighted by Gasteiger charge is 2.32. The van der Waals surface area contributed by atoms with Gasteiger partial charge in [-0.25, -0.2) is 4.79 Å². The van der Waals surface area contributed by atoms with Crippen LogP contribution in [0.15, 0.2) is 48.5 Å². The number of hydrogen-bond donors (Lipinski definition) is 2. The Morgan fingerprint density at radius 2 is 1.93 bits per heavy atom. The molecule has 152 valence electrons. The topological polar surface area (TPSA) is 95.9 Å². The van der Waals surface area contributed by atoms with Gasteiger partial charge < -0.3 is 20.1 Å². The number of piperidine rings is 1. The number of methoxy groups -OCH3 is 1. The van der Waals surface area contributed by atoms with Gasteiger partial charge in [0.2, 0.25) is 11.8 Å². The Labute approximate surface area is 169 Å². The summed E-state index contributed by atoms with van der Waals surface area (Å²) in [7, 11) is 1.41. The van der Waals surface area contributed by atoms with Gasteiger partial charge in [-0.05, 0) is 36.1 Å². The SMILES string of the molecule is COc1ccc(CNC(=O)[C@H](c2ccccc2)N2CCCCC2=O)cc1C(=O)O. The minimum atomic E-state index is -1.10. The number of rotatable bonds is 7. The largest absolute Gasteiger partial charge is 0.496 e. The second-order valence-electron chi connectivity index (χ2n) is 6.92. The molecule has 0 bridgehead atoms. The van der Waals surface area contributed by atoms with Crippen molar-refractivity contribution in [3.8, 4) is 5.75 Å². The first kappa shape index (κ1) is 20.4. The Hall–Kier alpha value is -3.35. The van der Waals surface area contributed by atoms with Gasteiger partial charge >= 0.3 is 5.97 Å². The van der Waals surface area contributed by atoms with Crippen LogP contribution in [0.2, 0.25) is 0 Å². The lowest BCUT2D eigenvalue weighted by Gasteiger charge is -2.34. The Balaban J connectivity index is 1.79. The predicted molar refractivity (Wildman–Crippen MR) is 107 cm³/mol. The maximum Gasteiger partial charge on any atom is 0.339 e. The third-order valence-corrected chi connectivity index (χ3v) is 5.00. The number of carboxylic acid groups (broad SMARTS) is 1. The van der Waals surface area contributed by atoms with Crippen molar-refractivity contribution in [2.75, 3.05) is 13.7 Å². The molecule has 2 aromatic rings. The first-order valence-electron chi connectivity index (χ1n) is 9.53. The maximum absolute atomic E-state index is 13.1. The van der Waals surface area contributed by atoms with E-state index in [1.165, 1.54) is 13.2 Å². The fraction of sp³-hybridized carbons (Fsp3) is 0.318. The van der Waals surface area contributed by atoms with Crippen LogP contribution in [0.1, 0.15) is 46.8 Å². The summed E-state index contributed by atoms with van der Waals surface area (Å²) < 4.78 is 5.06. The normalized spacial score (nSPS) is 14.9. The summed E-state index contributed by atoms with van der Waals surface area (Å²) in [6.07, 6.45) is 2.14. The van der Waals surface area contributed by atoms with Crippen molar-refractivity contribution in [3.05, 3.63) is 65.2 Å². The number of carbonyl (C=O) groups excluding carboxylic acids is 2. The van der Waals surface area contributed by atoms with Crippen LogP contribution in [-0.4, -0.2) is 41.4 Å². The van der Waals surface area contributed by atoms with Crippen LogP contribution in [0.25, 0.3) is 0 Å². The summed E-state index contributed by atoms with van der Waals surface area (Å²) in [4.78, 5) is 38.5. The number of aromatic carboxylic acids is 1. The van der Waals surface area contributed by atoms with Gasteiger partial charge in [0.1, 0.15) is 17.4 Å². The third-order valence-electron chi connectivity index (χ3n) is 5.00. The van der Waals surface area contributed by atoms with Crippen LogP contribution in [0.3, 0.4) is 0 Å². The monoisotopic (exact) mass is 396 g/mol. The molecule has 1 atom stereocenters. The highest BCUT2D eigenvalue weighted by atomic mass is 16.5. The number of benzene rings is 2. The van der Waals surface area contributed by atoms with E-state index in [2.05, 4.69) is 5.32 Å². The molecule has 1 heterocycles. The summed E-state index contributed by atoms with van der Waals surface area (Å²) in [6, 6.07) is 13.2. The zero-order valence-corrected chi connectivity index (χ0v) is 16.3. The third kappa shape index (κ3) is 4.74. The van der Waals surface area contributed by atoms with Crippen molar-refractivity contribution < 1.29 is 24.2 Å². The lowest BCUT2D eigenvalue weighted by Crippen LogP contribution is -2.45. The molecule has 0 aromatic heterocycles. The van der Waals surface area contributed by atoms with Crippen LogP contribution < -0.4 is 10.1 Å². The molecule has 7 nitrogen and oxygen atoms in total. The van der Waals surface area contributed by atoms with Crippen molar-refractivity contribution >= 4 is 17.8 Å². The molecule has 2 aromatic carbocycles. The molecular weight excluding hydrogens is 372 g/mol. The van der Waals surface area contributed by atoms with Crippen molar-refractivity contribution in [2.45, 2.75) is 31.8 Å². The van der Waals surface area contributed by atoms with Gasteiger partial charge in [-0.15, -0.1) is 0 Å². The first-order chi connectivity index (χ1) is 14.0. The van der Waals surface area contributed by atoms with Gasteiger partial charge in [-0.1, -0.05) is 36.4 Å². The average molecular weight is 396 g/mol. The van der Waals surface area contributed by atoms with E-state index in [1.807, 2.05) is 30.3 Å². The molecule has 1 saturated heterocycles.